The molecule has 0 bridgehead atoms. The van der Waals surface area contributed by atoms with Gasteiger partial charge in [-0.05, 0) is 11.6 Å². The Labute approximate surface area is 118 Å². The fraction of sp³-hybridized carbons (Fsp3) is 0.533. The van der Waals surface area contributed by atoms with E-state index in [0.29, 0.717) is 18.2 Å². The minimum Gasteiger partial charge on any atom is -0.332 e. The number of likely N-dealkylation sites (tertiary alicyclic amines) is 1. The van der Waals surface area contributed by atoms with Crippen molar-refractivity contribution in [2.24, 2.45) is 0 Å². The highest BCUT2D eigenvalue weighted by molar-refractivity contribution is 5.95. The van der Waals surface area contributed by atoms with Crippen LogP contribution < -0.4 is 5.32 Å². The van der Waals surface area contributed by atoms with Crippen LogP contribution in [0.25, 0.3) is 0 Å². The number of alkyl halides is 2. The molecule has 1 amide bonds. The zero-order valence-corrected chi connectivity index (χ0v) is 11.8. The van der Waals surface area contributed by atoms with Crippen LogP contribution in [0.5, 0.6) is 0 Å². The Morgan fingerprint density at radius 1 is 1.40 bits per heavy atom. The molecule has 0 spiro atoms. The SMILES string of the molecule is CC(C)NCc1ccccc1C(=O)N1CCC(F)(F)C1. The van der Waals surface area contributed by atoms with Gasteiger partial charge in [-0.15, -0.1) is 0 Å². The van der Waals surface area contributed by atoms with Gasteiger partial charge in [-0.3, -0.25) is 4.79 Å². The van der Waals surface area contributed by atoms with Crippen molar-refractivity contribution in [2.75, 3.05) is 13.1 Å². The molecule has 0 atom stereocenters. The van der Waals surface area contributed by atoms with E-state index in [1.54, 1.807) is 12.1 Å². The van der Waals surface area contributed by atoms with Crippen molar-refractivity contribution >= 4 is 5.91 Å². The van der Waals surface area contributed by atoms with Gasteiger partial charge in [0, 0.05) is 31.1 Å². The monoisotopic (exact) mass is 282 g/mol. The van der Waals surface area contributed by atoms with Gasteiger partial charge in [-0.25, -0.2) is 8.78 Å². The van der Waals surface area contributed by atoms with Crippen LogP contribution in [0.4, 0.5) is 8.78 Å². The number of nitrogens with zero attached hydrogens (tertiary/aromatic N) is 1. The first-order valence-corrected chi connectivity index (χ1v) is 6.87. The molecule has 20 heavy (non-hydrogen) atoms. The Kier molecular flexibility index (Phi) is 4.38. The van der Waals surface area contributed by atoms with Crippen molar-refractivity contribution in [3.05, 3.63) is 35.4 Å². The molecule has 0 saturated carbocycles. The number of hydrogen-bond donors (Lipinski definition) is 1. The second-order valence-corrected chi connectivity index (χ2v) is 5.53. The Bertz CT molecular complexity index is 489. The average Bonchev–Trinajstić information content (AvgIpc) is 2.76. The summed E-state index contributed by atoms with van der Waals surface area (Å²) in [6.07, 6.45) is -0.245. The maximum Gasteiger partial charge on any atom is 0.267 e. The molecule has 110 valence electrons. The van der Waals surface area contributed by atoms with E-state index in [0.717, 1.165) is 5.56 Å². The molecule has 1 aliphatic rings. The molecular formula is C15H20F2N2O. The third-order valence-corrected chi connectivity index (χ3v) is 3.41. The molecular weight excluding hydrogens is 262 g/mol. The molecule has 2 rings (SSSR count). The molecule has 0 radical (unpaired) electrons. The minimum atomic E-state index is -2.75. The maximum absolute atomic E-state index is 13.2. The smallest absolute Gasteiger partial charge is 0.267 e. The van der Waals surface area contributed by atoms with Crippen molar-refractivity contribution in [1.29, 1.82) is 0 Å². The van der Waals surface area contributed by atoms with E-state index in [9.17, 15) is 13.6 Å². The zero-order valence-electron chi connectivity index (χ0n) is 11.8. The van der Waals surface area contributed by atoms with Crippen LogP contribution in [-0.2, 0) is 6.54 Å². The predicted molar refractivity (Wildman–Crippen MR) is 73.9 cm³/mol. The fourth-order valence-corrected chi connectivity index (χ4v) is 2.28. The van der Waals surface area contributed by atoms with Gasteiger partial charge in [0.05, 0.1) is 6.54 Å². The molecule has 1 heterocycles. The molecule has 0 unspecified atom stereocenters. The van der Waals surface area contributed by atoms with Crippen LogP contribution in [0.3, 0.4) is 0 Å². The van der Waals surface area contributed by atoms with Crippen molar-refractivity contribution < 1.29 is 13.6 Å². The van der Waals surface area contributed by atoms with E-state index < -0.39 is 12.5 Å². The predicted octanol–water partition coefficient (Wildman–Crippen LogP) is 2.67. The zero-order chi connectivity index (χ0) is 14.8. The Morgan fingerprint density at radius 3 is 2.70 bits per heavy atom. The van der Waals surface area contributed by atoms with Crippen LogP contribution in [0.1, 0.15) is 36.2 Å². The van der Waals surface area contributed by atoms with Crippen LogP contribution in [0.2, 0.25) is 0 Å². The number of carbonyl (C=O) groups excluding carboxylic acids is 1. The summed E-state index contributed by atoms with van der Waals surface area (Å²) in [7, 11) is 0. The first-order chi connectivity index (χ1) is 9.39. The van der Waals surface area contributed by atoms with Crippen molar-refractivity contribution in [1.82, 2.24) is 10.2 Å². The average molecular weight is 282 g/mol. The van der Waals surface area contributed by atoms with E-state index in [2.05, 4.69) is 5.32 Å². The molecule has 1 aromatic rings. The lowest BCUT2D eigenvalue weighted by Crippen LogP contribution is -2.32. The van der Waals surface area contributed by atoms with Gasteiger partial charge in [0.2, 0.25) is 0 Å². The fourth-order valence-electron chi connectivity index (χ4n) is 2.28. The summed E-state index contributed by atoms with van der Waals surface area (Å²) in [6.45, 7) is 4.25. The largest absolute Gasteiger partial charge is 0.332 e. The quantitative estimate of drug-likeness (QED) is 0.921. The molecule has 0 aliphatic carbocycles. The standard InChI is InChI=1S/C15H20F2N2O/c1-11(2)18-9-12-5-3-4-6-13(12)14(20)19-8-7-15(16,17)10-19/h3-6,11,18H,7-10H2,1-2H3. The lowest BCUT2D eigenvalue weighted by Gasteiger charge is -2.19. The maximum atomic E-state index is 13.2. The van der Waals surface area contributed by atoms with Gasteiger partial charge in [0.15, 0.2) is 0 Å². The van der Waals surface area contributed by atoms with Gasteiger partial charge < -0.3 is 10.2 Å². The van der Waals surface area contributed by atoms with Gasteiger partial charge >= 0.3 is 0 Å². The van der Waals surface area contributed by atoms with Crippen LogP contribution in [-0.4, -0.2) is 35.9 Å². The van der Waals surface area contributed by atoms with Crippen LogP contribution >= 0.6 is 0 Å². The number of nitrogens with one attached hydrogen (secondary N) is 1. The van der Waals surface area contributed by atoms with Crippen molar-refractivity contribution in [3.63, 3.8) is 0 Å². The Balaban J connectivity index is 2.14. The lowest BCUT2D eigenvalue weighted by molar-refractivity contribution is 0.0120. The molecule has 1 aromatic carbocycles. The van der Waals surface area contributed by atoms with Crippen LogP contribution in [0.15, 0.2) is 24.3 Å². The van der Waals surface area contributed by atoms with Gasteiger partial charge in [-0.2, -0.15) is 0 Å². The second-order valence-electron chi connectivity index (χ2n) is 5.53. The lowest BCUT2D eigenvalue weighted by atomic mass is 10.1. The summed E-state index contributed by atoms with van der Waals surface area (Å²) in [5.41, 5.74) is 1.36. The minimum absolute atomic E-state index is 0.123. The van der Waals surface area contributed by atoms with E-state index >= 15 is 0 Å². The number of hydrogen-bond acceptors (Lipinski definition) is 2. The van der Waals surface area contributed by atoms with E-state index in [1.165, 1.54) is 4.90 Å². The highest BCUT2D eigenvalue weighted by Gasteiger charge is 2.40. The molecule has 5 heteroatoms. The molecule has 1 N–H and O–H groups in total. The molecule has 1 aliphatic heterocycles. The van der Waals surface area contributed by atoms with Gasteiger partial charge in [-0.1, -0.05) is 32.0 Å². The summed E-state index contributed by atoms with van der Waals surface area (Å²) in [5.74, 6) is -3.05. The van der Waals surface area contributed by atoms with Gasteiger partial charge in [0.25, 0.3) is 11.8 Å². The summed E-state index contributed by atoms with van der Waals surface area (Å²) < 4.78 is 26.4. The van der Waals surface area contributed by atoms with Crippen molar-refractivity contribution in [3.8, 4) is 0 Å². The summed E-state index contributed by atoms with van der Waals surface area (Å²) >= 11 is 0. The molecule has 1 fully saturated rings. The number of halogens is 2. The van der Waals surface area contributed by atoms with Gasteiger partial charge in [0.1, 0.15) is 0 Å². The molecule has 0 aromatic heterocycles. The van der Waals surface area contributed by atoms with E-state index in [1.807, 2.05) is 26.0 Å². The van der Waals surface area contributed by atoms with Crippen molar-refractivity contribution in [2.45, 2.75) is 38.8 Å². The summed E-state index contributed by atoms with van der Waals surface area (Å²) in [6, 6.07) is 7.48. The first-order valence-electron chi connectivity index (χ1n) is 6.87. The second kappa shape index (κ2) is 5.87. The highest BCUT2D eigenvalue weighted by atomic mass is 19.3. The van der Waals surface area contributed by atoms with E-state index in [-0.39, 0.29) is 18.9 Å². The molecule has 1 saturated heterocycles. The number of benzene rings is 1. The summed E-state index contributed by atoms with van der Waals surface area (Å²) in [4.78, 5) is 13.6. The number of carbonyl (C=O) groups is 1. The molecule has 3 nitrogen and oxygen atoms in total. The number of amides is 1. The summed E-state index contributed by atoms with van der Waals surface area (Å²) in [5, 5.41) is 3.24. The van der Waals surface area contributed by atoms with E-state index in [4.69, 9.17) is 0 Å². The Hall–Kier alpha value is -1.49. The third-order valence-electron chi connectivity index (χ3n) is 3.41. The highest BCUT2D eigenvalue weighted by Crippen LogP contribution is 2.28. The number of rotatable bonds is 4. The Morgan fingerprint density at radius 2 is 2.10 bits per heavy atom. The normalized spacial score (nSPS) is 17.8. The first kappa shape index (κ1) is 14.9. The topological polar surface area (TPSA) is 32.3 Å². The third kappa shape index (κ3) is 3.54. The van der Waals surface area contributed by atoms with Crippen LogP contribution in [0, 0.1) is 0 Å².